The predicted molar refractivity (Wildman–Crippen MR) is 56.8 cm³/mol. The molecular formula is C12H19NO. The fourth-order valence-electron chi connectivity index (χ4n) is 2.94. The Morgan fingerprint density at radius 3 is 2.86 bits per heavy atom. The lowest BCUT2D eigenvalue weighted by atomic mass is 9.48. The van der Waals surface area contributed by atoms with Crippen molar-refractivity contribution in [1.82, 2.24) is 0 Å². The van der Waals surface area contributed by atoms with E-state index in [1.165, 1.54) is 6.42 Å². The number of rotatable bonds is 3. The summed E-state index contributed by atoms with van der Waals surface area (Å²) in [5, 5.41) is 0. The quantitative estimate of drug-likeness (QED) is 0.744. The Morgan fingerprint density at radius 1 is 1.64 bits per heavy atom. The zero-order chi connectivity index (χ0) is 10.3. The van der Waals surface area contributed by atoms with Crippen molar-refractivity contribution in [2.45, 2.75) is 33.1 Å². The van der Waals surface area contributed by atoms with E-state index in [0.717, 1.165) is 17.9 Å². The highest BCUT2D eigenvalue weighted by atomic mass is 16.1. The summed E-state index contributed by atoms with van der Waals surface area (Å²) in [7, 11) is 0. The SMILES string of the molecule is CC1(C)C2CC=C(C(=O)CCN)C1C2. The van der Waals surface area contributed by atoms with Gasteiger partial charge in [0.1, 0.15) is 0 Å². The molecule has 3 aliphatic carbocycles. The molecule has 2 atom stereocenters. The van der Waals surface area contributed by atoms with Gasteiger partial charge in [-0.05, 0) is 42.2 Å². The second-order valence-corrected chi connectivity index (χ2v) is 5.16. The molecule has 3 rings (SSSR count). The Labute approximate surface area is 85.6 Å². The minimum Gasteiger partial charge on any atom is -0.330 e. The Balaban J connectivity index is 2.14. The van der Waals surface area contributed by atoms with Gasteiger partial charge in [0, 0.05) is 6.42 Å². The van der Waals surface area contributed by atoms with Crippen LogP contribution in [-0.4, -0.2) is 12.3 Å². The number of carbonyl (C=O) groups excluding carboxylic acids is 1. The van der Waals surface area contributed by atoms with Crippen molar-refractivity contribution in [2.24, 2.45) is 23.0 Å². The fourth-order valence-corrected chi connectivity index (χ4v) is 2.94. The second kappa shape index (κ2) is 3.20. The van der Waals surface area contributed by atoms with E-state index < -0.39 is 0 Å². The third kappa shape index (κ3) is 1.24. The van der Waals surface area contributed by atoms with Crippen molar-refractivity contribution < 1.29 is 4.79 Å². The maximum Gasteiger partial charge on any atom is 0.160 e. The van der Waals surface area contributed by atoms with Crippen molar-refractivity contribution in [2.75, 3.05) is 6.54 Å². The van der Waals surface area contributed by atoms with Gasteiger partial charge in [0.2, 0.25) is 0 Å². The number of hydrogen-bond acceptors (Lipinski definition) is 2. The van der Waals surface area contributed by atoms with Gasteiger partial charge >= 0.3 is 0 Å². The van der Waals surface area contributed by atoms with Gasteiger partial charge in [-0.1, -0.05) is 19.9 Å². The maximum absolute atomic E-state index is 11.8. The summed E-state index contributed by atoms with van der Waals surface area (Å²) in [6.07, 6.45) is 4.98. The third-order valence-corrected chi connectivity index (χ3v) is 4.16. The van der Waals surface area contributed by atoms with Crippen molar-refractivity contribution in [1.29, 1.82) is 0 Å². The van der Waals surface area contributed by atoms with Gasteiger partial charge in [-0.3, -0.25) is 4.79 Å². The lowest BCUT2D eigenvalue weighted by Gasteiger charge is -2.56. The molecular weight excluding hydrogens is 174 g/mol. The maximum atomic E-state index is 11.8. The van der Waals surface area contributed by atoms with Gasteiger partial charge in [-0.25, -0.2) is 0 Å². The van der Waals surface area contributed by atoms with E-state index in [4.69, 9.17) is 5.73 Å². The Morgan fingerprint density at radius 2 is 2.36 bits per heavy atom. The van der Waals surface area contributed by atoms with Crippen LogP contribution in [0.3, 0.4) is 0 Å². The van der Waals surface area contributed by atoms with Gasteiger partial charge in [-0.2, -0.15) is 0 Å². The first-order valence-corrected chi connectivity index (χ1v) is 5.50. The monoisotopic (exact) mass is 193 g/mol. The minimum atomic E-state index is 0.281. The summed E-state index contributed by atoms with van der Waals surface area (Å²) in [4.78, 5) is 11.8. The van der Waals surface area contributed by atoms with E-state index in [9.17, 15) is 4.79 Å². The minimum absolute atomic E-state index is 0.281. The molecule has 0 aromatic rings. The predicted octanol–water partition coefficient (Wildman–Crippen LogP) is 1.90. The van der Waals surface area contributed by atoms with Crippen LogP contribution in [0.5, 0.6) is 0 Å². The first kappa shape index (κ1) is 9.91. The number of nitrogens with two attached hydrogens (primary N) is 1. The van der Waals surface area contributed by atoms with Crippen LogP contribution in [0.2, 0.25) is 0 Å². The van der Waals surface area contributed by atoms with E-state index in [1.54, 1.807) is 0 Å². The number of ketones is 1. The van der Waals surface area contributed by atoms with Crippen molar-refractivity contribution in [3.05, 3.63) is 11.6 Å². The molecule has 2 unspecified atom stereocenters. The van der Waals surface area contributed by atoms with E-state index >= 15 is 0 Å². The molecule has 2 nitrogen and oxygen atoms in total. The average Bonchev–Trinajstić information content (AvgIpc) is 2.18. The van der Waals surface area contributed by atoms with Crippen LogP contribution in [0.4, 0.5) is 0 Å². The lowest BCUT2D eigenvalue weighted by molar-refractivity contribution is -0.119. The number of fused-ring (bicyclic) bond motifs is 1. The molecule has 1 fully saturated rings. The Kier molecular flexibility index (Phi) is 2.26. The first-order chi connectivity index (χ1) is 6.57. The molecule has 0 aromatic heterocycles. The molecule has 0 heterocycles. The van der Waals surface area contributed by atoms with Crippen molar-refractivity contribution in [3.63, 3.8) is 0 Å². The summed E-state index contributed by atoms with van der Waals surface area (Å²) >= 11 is 0. The molecule has 0 amide bonds. The summed E-state index contributed by atoms with van der Waals surface area (Å²) in [6.45, 7) is 5.05. The molecule has 1 saturated carbocycles. The second-order valence-electron chi connectivity index (χ2n) is 5.16. The number of Topliss-reactive ketones (excluding diaryl/α,β-unsaturated/α-hetero) is 1. The largest absolute Gasteiger partial charge is 0.330 e. The van der Waals surface area contributed by atoms with Gasteiger partial charge < -0.3 is 5.73 Å². The molecule has 3 aliphatic rings. The van der Waals surface area contributed by atoms with Crippen LogP contribution in [0.1, 0.15) is 33.1 Å². The van der Waals surface area contributed by atoms with Crippen LogP contribution in [0, 0.1) is 17.3 Å². The van der Waals surface area contributed by atoms with Crippen molar-refractivity contribution >= 4 is 5.78 Å². The molecule has 0 aromatic carbocycles. The topological polar surface area (TPSA) is 43.1 Å². The van der Waals surface area contributed by atoms with Crippen LogP contribution >= 0.6 is 0 Å². The Bertz CT molecular complexity index is 291. The third-order valence-electron chi connectivity index (χ3n) is 4.16. The van der Waals surface area contributed by atoms with Crippen molar-refractivity contribution in [3.8, 4) is 0 Å². The van der Waals surface area contributed by atoms with Crippen LogP contribution in [0.25, 0.3) is 0 Å². The highest BCUT2D eigenvalue weighted by Gasteiger charge is 2.52. The molecule has 2 bridgehead atoms. The molecule has 78 valence electrons. The highest BCUT2D eigenvalue weighted by Crippen LogP contribution is 2.59. The smallest absolute Gasteiger partial charge is 0.160 e. The molecule has 2 N–H and O–H groups in total. The summed E-state index contributed by atoms with van der Waals surface area (Å²) in [6, 6.07) is 0. The highest BCUT2D eigenvalue weighted by molar-refractivity contribution is 5.96. The molecule has 0 radical (unpaired) electrons. The first-order valence-electron chi connectivity index (χ1n) is 5.50. The van der Waals surface area contributed by atoms with E-state index in [-0.39, 0.29) is 5.78 Å². The van der Waals surface area contributed by atoms with E-state index in [1.807, 2.05) is 0 Å². The van der Waals surface area contributed by atoms with Gasteiger partial charge in [0.05, 0.1) is 0 Å². The van der Waals surface area contributed by atoms with Crippen LogP contribution in [-0.2, 0) is 4.79 Å². The zero-order valence-corrected chi connectivity index (χ0v) is 9.05. The average molecular weight is 193 g/mol. The zero-order valence-electron chi connectivity index (χ0n) is 9.05. The lowest BCUT2D eigenvalue weighted by Crippen LogP contribution is -2.49. The standard InChI is InChI=1S/C12H19NO/c1-12(2)8-3-4-9(10(12)7-8)11(14)5-6-13/h4,8,10H,3,5-7,13H2,1-2H3. The van der Waals surface area contributed by atoms with Gasteiger partial charge in [0.25, 0.3) is 0 Å². The van der Waals surface area contributed by atoms with E-state index in [2.05, 4.69) is 19.9 Å². The van der Waals surface area contributed by atoms with Crippen LogP contribution in [0.15, 0.2) is 11.6 Å². The Hall–Kier alpha value is -0.630. The molecule has 0 saturated heterocycles. The molecule has 0 spiro atoms. The molecule has 14 heavy (non-hydrogen) atoms. The fraction of sp³-hybridized carbons (Fsp3) is 0.750. The van der Waals surface area contributed by atoms with Crippen LogP contribution < -0.4 is 5.73 Å². The van der Waals surface area contributed by atoms with Gasteiger partial charge in [-0.15, -0.1) is 0 Å². The summed E-state index contributed by atoms with van der Waals surface area (Å²) in [5.74, 6) is 1.60. The van der Waals surface area contributed by atoms with Gasteiger partial charge in [0.15, 0.2) is 5.78 Å². The molecule has 0 aliphatic heterocycles. The number of carbonyl (C=O) groups is 1. The summed E-state index contributed by atoms with van der Waals surface area (Å²) in [5.41, 5.74) is 6.84. The summed E-state index contributed by atoms with van der Waals surface area (Å²) < 4.78 is 0. The number of allylic oxidation sites excluding steroid dienone is 2. The van der Waals surface area contributed by atoms with E-state index in [0.29, 0.717) is 24.3 Å². The normalized spacial score (nSPS) is 33.2. The molecule has 2 heteroatoms. The number of hydrogen-bond donors (Lipinski definition) is 1.